The fourth-order valence-corrected chi connectivity index (χ4v) is 3.63. The first kappa shape index (κ1) is 24.2. The lowest BCUT2D eigenvalue weighted by Crippen LogP contribution is -2.46. The quantitative estimate of drug-likeness (QED) is 0.334. The molecule has 2 aromatic carbocycles. The monoisotopic (exact) mass is 529 g/mol. The molecule has 0 bridgehead atoms. The van der Waals surface area contributed by atoms with Gasteiger partial charge < -0.3 is 24.8 Å². The molecule has 1 fully saturated rings. The van der Waals surface area contributed by atoms with E-state index in [2.05, 4.69) is 15.6 Å². The molecule has 6 nitrogen and oxygen atoms in total. The number of hydrogen-bond donors (Lipinski definition) is 2. The smallest absolute Gasteiger partial charge is 0.195 e. The zero-order chi connectivity index (χ0) is 20.7. The normalized spacial score (nSPS) is 15.7. The summed E-state index contributed by atoms with van der Waals surface area (Å²) >= 11 is 0. The van der Waals surface area contributed by atoms with Crippen molar-refractivity contribution in [2.45, 2.75) is 18.3 Å². The summed E-state index contributed by atoms with van der Waals surface area (Å²) in [7, 11) is 4.92. The van der Waals surface area contributed by atoms with Crippen molar-refractivity contribution in [3.05, 3.63) is 53.8 Å². The molecule has 0 spiro atoms. The van der Waals surface area contributed by atoms with E-state index in [9.17, 15) is 4.39 Å². The van der Waals surface area contributed by atoms with Crippen LogP contribution in [-0.4, -0.2) is 47.0 Å². The molecule has 0 amide bonds. The maximum absolute atomic E-state index is 13.9. The largest absolute Gasteiger partial charge is 0.493 e. The van der Waals surface area contributed by atoms with Crippen LogP contribution in [0.5, 0.6) is 11.5 Å². The Hall–Kier alpha value is -2.07. The Morgan fingerprint density at radius 2 is 1.83 bits per heavy atom. The second-order valence-electron chi connectivity index (χ2n) is 7.02. The van der Waals surface area contributed by atoms with E-state index in [1.165, 1.54) is 6.07 Å². The number of guanidine groups is 1. The molecule has 1 aliphatic heterocycles. The number of rotatable bonds is 6. The highest BCUT2D eigenvalue weighted by Crippen LogP contribution is 2.35. The van der Waals surface area contributed by atoms with Crippen molar-refractivity contribution in [2.24, 2.45) is 4.99 Å². The van der Waals surface area contributed by atoms with E-state index in [4.69, 9.17) is 14.2 Å². The van der Waals surface area contributed by atoms with Crippen LogP contribution < -0.4 is 20.1 Å². The highest BCUT2D eigenvalue weighted by molar-refractivity contribution is 14.0. The van der Waals surface area contributed by atoms with E-state index in [1.807, 2.05) is 24.3 Å². The first-order valence-electron chi connectivity index (χ1n) is 9.64. The number of nitrogens with zero attached hydrogens (tertiary/aromatic N) is 1. The summed E-state index contributed by atoms with van der Waals surface area (Å²) in [5.41, 5.74) is 1.59. The van der Waals surface area contributed by atoms with E-state index in [0.717, 1.165) is 24.1 Å². The molecule has 0 aliphatic carbocycles. The fourth-order valence-electron chi connectivity index (χ4n) is 3.63. The molecule has 0 unspecified atom stereocenters. The molecule has 2 N–H and O–H groups in total. The Labute approximate surface area is 194 Å². The number of aliphatic imine (C=N–C) groups is 1. The van der Waals surface area contributed by atoms with Gasteiger partial charge in [0, 0.05) is 44.0 Å². The average molecular weight is 529 g/mol. The predicted molar refractivity (Wildman–Crippen MR) is 128 cm³/mol. The summed E-state index contributed by atoms with van der Waals surface area (Å²) in [6.45, 7) is 1.92. The minimum Gasteiger partial charge on any atom is -0.493 e. The van der Waals surface area contributed by atoms with Gasteiger partial charge in [0.1, 0.15) is 5.82 Å². The highest BCUT2D eigenvalue weighted by atomic mass is 127. The third kappa shape index (κ3) is 5.75. The molecule has 3 rings (SSSR count). The second-order valence-corrected chi connectivity index (χ2v) is 7.02. The zero-order valence-corrected chi connectivity index (χ0v) is 19.9. The van der Waals surface area contributed by atoms with Crippen LogP contribution in [0.4, 0.5) is 10.1 Å². The number of anilines is 1. The van der Waals surface area contributed by atoms with Gasteiger partial charge in [-0.05, 0) is 42.7 Å². The van der Waals surface area contributed by atoms with Gasteiger partial charge in [-0.2, -0.15) is 0 Å². The van der Waals surface area contributed by atoms with Crippen LogP contribution in [0.3, 0.4) is 0 Å². The molecule has 0 aromatic heterocycles. The van der Waals surface area contributed by atoms with Crippen molar-refractivity contribution in [2.75, 3.05) is 46.3 Å². The van der Waals surface area contributed by atoms with E-state index < -0.39 is 0 Å². The van der Waals surface area contributed by atoms with Crippen molar-refractivity contribution in [3.63, 3.8) is 0 Å². The second kappa shape index (κ2) is 11.4. The molecular weight excluding hydrogens is 500 g/mol. The maximum Gasteiger partial charge on any atom is 0.195 e. The van der Waals surface area contributed by atoms with Gasteiger partial charge in [0.25, 0.3) is 0 Å². The molecule has 0 radical (unpaired) electrons. The number of halogens is 2. The highest BCUT2D eigenvalue weighted by Gasteiger charge is 2.35. The van der Waals surface area contributed by atoms with Crippen LogP contribution >= 0.6 is 24.0 Å². The summed E-state index contributed by atoms with van der Waals surface area (Å²) in [5, 5.41) is 6.67. The van der Waals surface area contributed by atoms with Crippen molar-refractivity contribution in [1.82, 2.24) is 5.32 Å². The number of benzene rings is 2. The molecule has 164 valence electrons. The molecule has 1 aliphatic rings. The van der Waals surface area contributed by atoms with E-state index >= 15 is 0 Å². The zero-order valence-electron chi connectivity index (χ0n) is 17.5. The van der Waals surface area contributed by atoms with Crippen LogP contribution in [0.2, 0.25) is 0 Å². The van der Waals surface area contributed by atoms with Crippen molar-refractivity contribution in [3.8, 4) is 11.5 Å². The summed E-state index contributed by atoms with van der Waals surface area (Å²) in [6.07, 6.45) is 1.63. The van der Waals surface area contributed by atoms with Gasteiger partial charge in [-0.15, -0.1) is 24.0 Å². The van der Waals surface area contributed by atoms with Crippen molar-refractivity contribution < 1.29 is 18.6 Å². The Kier molecular flexibility index (Phi) is 9.16. The third-order valence-corrected chi connectivity index (χ3v) is 5.35. The van der Waals surface area contributed by atoms with Crippen LogP contribution in [-0.2, 0) is 10.2 Å². The Morgan fingerprint density at radius 1 is 1.10 bits per heavy atom. The minimum atomic E-state index is -0.221. The van der Waals surface area contributed by atoms with Gasteiger partial charge in [-0.25, -0.2) is 4.39 Å². The topological polar surface area (TPSA) is 64.1 Å². The van der Waals surface area contributed by atoms with Gasteiger partial charge in [-0.3, -0.25) is 4.99 Å². The van der Waals surface area contributed by atoms with E-state index in [1.54, 1.807) is 33.4 Å². The summed E-state index contributed by atoms with van der Waals surface area (Å²) in [4.78, 5) is 4.33. The number of nitrogens with one attached hydrogen (secondary N) is 2. The molecule has 2 aromatic rings. The minimum absolute atomic E-state index is 0. The molecule has 1 heterocycles. The van der Waals surface area contributed by atoms with Gasteiger partial charge in [-0.1, -0.05) is 12.1 Å². The van der Waals surface area contributed by atoms with Gasteiger partial charge in [0.05, 0.1) is 14.2 Å². The van der Waals surface area contributed by atoms with Crippen LogP contribution in [0.1, 0.15) is 18.4 Å². The third-order valence-electron chi connectivity index (χ3n) is 5.35. The van der Waals surface area contributed by atoms with E-state index in [-0.39, 0.29) is 35.2 Å². The van der Waals surface area contributed by atoms with Gasteiger partial charge >= 0.3 is 0 Å². The lowest BCUT2D eigenvalue weighted by Gasteiger charge is -2.38. The summed E-state index contributed by atoms with van der Waals surface area (Å²) in [5.74, 6) is 1.70. The molecule has 8 heteroatoms. The average Bonchev–Trinajstić information content (AvgIpc) is 2.77. The molecule has 0 atom stereocenters. The predicted octanol–water partition coefficient (Wildman–Crippen LogP) is 4.20. The summed E-state index contributed by atoms with van der Waals surface area (Å²) < 4.78 is 30.1. The Morgan fingerprint density at radius 3 is 2.47 bits per heavy atom. The molecule has 0 saturated carbocycles. The van der Waals surface area contributed by atoms with Gasteiger partial charge in [0.15, 0.2) is 17.5 Å². The maximum atomic E-state index is 13.9. The Balaban J connectivity index is 0.00000320. The van der Waals surface area contributed by atoms with Crippen LogP contribution in [0, 0.1) is 5.82 Å². The fraction of sp³-hybridized carbons (Fsp3) is 0.409. The first-order chi connectivity index (χ1) is 14.1. The lowest BCUT2D eigenvalue weighted by atomic mass is 9.74. The molecular formula is C22H29FIN3O3. The number of methoxy groups -OCH3 is 2. The van der Waals surface area contributed by atoms with Crippen LogP contribution in [0.25, 0.3) is 0 Å². The van der Waals surface area contributed by atoms with Gasteiger partial charge in [0.2, 0.25) is 0 Å². The molecule has 1 saturated heterocycles. The SMILES string of the molecule is CN=C(NCC1(c2cccc(F)c2)CCOCC1)Nc1ccc(OC)c(OC)c1.I. The number of hydrogen-bond acceptors (Lipinski definition) is 4. The standard InChI is InChI=1S/C22H28FN3O3.HI/c1-24-21(26-18-7-8-19(27-2)20(14-18)28-3)25-15-22(9-11-29-12-10-22)16-5-4-6-17(23)13-16;/h4-8,13-14H,9-12,15H2,1-3H3,(H2,24,25,26);1H. The summed E-state index contributed by atoms with van der Waals surface area (Å²) in [6, 6.07) is 12.4. The number of ether oxygens (including phenoxy) is 3. The van der Waals surface area contributed by atoms with Crippen LogP contribution in [0.15, 0.2) is 47.5 Å². The molecule has 30 heavy (non-hydrogen) atoms. The van der Waals surface area contributed by atoms with Crippen molar-refractivity contribution in [1.29, 1.82) is 0 Å². The first-order valence-corrected chi connectivity index (χ1v) is 9.64. The van der Waals surface area contributed by atoms with E-state index in [0.29, 0.717) is 37.2 Å². The Bertz CT molecular complexity index is 857. The van der Waals surface area contributed by atoms with Crippen molar-refractivity contribution >= 4 is 35.6 Å². The lowest BCUT2D eigenvalue weighted by molar-refractivity contribution is 0.0513.